The molecule has 0 amide bonds. The normalized spacial score (nSPS) is 17.1. The number of allylic oxidation sites excluding steroid dienone is 4. The average molecular weight is 303 g/mol. The predicted octanol–water partition coefficient (Wildman–Crippen LogP) is 2.60. The van der Waals surface area contributed by atoms with Crippen LogP contribution in [0.1, 0.15) is 13.8 Å². The quantitative estimate of drug-likeness (QED) is 0.744. The van der Waals surface area contributed by atoms with Crippen LogP contribution in [0.2, 0.25) is 4.14 Å². The van der Waals surface area contributed by atoms with Crippen LogP contribution in [0.25, 0.3) is 0 Å². The van der Waals surface area contributed by atoms with Crippen molar-refractivity contribution in [3.63, 3.8) is 0 Å². The van der Waals surface area contributed by atoms with Gasteiger partial charge in [0.05, 0.1) is 0 Å². The van der Waals surface area contributed by atoms with E-state index in [1.54, 1.807) is 0 Å². The fraction of sp³-hybridized carbons (Fsp3) is 0.667. The molecule has 0 fully saturated rings. The molecular formula is C12H24N3Nb. The Balaban J connectivity index is 3.28. The number of nitrogens with zero attached hydrogens (tertiary/aromatic N) is 3. The van der Waals surface area contributed by atoms with Crippen molar-refractivity contribution < 1.29 is 17.5 Å². The van der Waals surface area contributed by atoms with Gasteiger partial charge in [0.25, 0.3) is 0 Å². The summed E-state index contributed by atoms with van der Waals surface area (Å²) in [5, 5.41) is 0. The van der Waals surface area contributed by atoms with Crippen molar-refractivity contribution in [3.05, 3.63) is 24.3 Å². The van der Waals surface area contributed by atoms with E-state index in [0.717, 1.165) is 0 Å². The molecule has 0 radical (unpaired) electrons. The van der Waals surface area contributed by atoms with E-state index in [1.807, 2.05) is 0 Å². The first kappa shape index (κ1) is 14.0. The summed E-state index contributed by atoms with van der Waals surface area (Å²) < 4.78 is 10.4. The Labute approximate surface area is 104 Å². The Morgan fingerprint density at radius 1 is 1.00 bits per heavy atom. The first-order chi connectivity index (χ1) is 7.41. The second kappa shape index (κ2) is 5.52. The summed E-state index contributed by atoms with van der Waals surface area (Å²) in [6.45, 7) is 4.36. The molecule has 0 unspecified atom stereocenters. The Hall–Kier alpha value is -0.0597. The monoisotopic (exact) mass is 303 g/mol. The van der Waals surface area contributed by atoms with Gasteiger partial charge in [0, 0.05) is 0 Å². The Kier molecular flexibility index (Phi) is 4.83. The number of rotatable bonds is 4. The number of hydrogen-bond acceptors (Lipinski definition) is 1. The fourth-order valence-electron chi connectivity index (χ4n) is 2.17. The Morgan fingerprint density at radius 2 is 1.44 bits per heavy atom. The van der Waals surface area contributed by atoms with Gasteiger partial charge in [-0.25, -0.2) is 0 Å². The third-order valence-electron chi connectivity index (χ3n) is 2.71. The van der Waals surface area contributed by atoms with Crippen LogP contribution in [-0.2, 0) is 17.5 Å². The summed E-state index contributed by atoms with van der Waals surface area (Å²) in [6, 6.07) is 0.401. The molecule has 0 bridgehead atoms. The molecule has 0 saturated carbocycles. The van der Waals surface area contributed by atoms with Crippen LogP contribution in [0.3, 0.4) is 0 Å². The van der Waals surface area contributed by atoms with Crippen LogP contribution in [0.15, 0.2) is 27.6 Å². The molecule has 0 heterocycles. The molecule has 0 atom stereocenters. The van der Waals surface area contributed by atoms with Gasteiger partial charge in [-0.3, -0.25) is 0 Å². The molecule has 0 aliphatic heterocycles. The first-order valence-electron chi connectivity index (χ1n) is 5.73. The van der Waals surface area contributed by atoms with Crippen molar-refractivity contribution in [2.75, 3.05) is 28.2 Å². The molecule has 0 N–H and O–H groups in total. The minimum absolute atomic E-state index is 0.401. The van der Waals surface area contributed by atoms with Gasteiger partial charge in [0.1, 0.15) is 0 Å². The van der Waals surface area contributed by atoms with Gasteiger partial charge in [-0.1, -0.05) is 0 Å². The van der Waals surface area contributed by atoms with Crippen molar-refractivity contribution in [2.45, 2.75) is 24.0 Å². The van der Waals surface area contributed by atoms with Gasteiger partial charge >= 0.3 is 104 Å². The van der Waals surface area contributed by atoms with Crippen molar-refractivity contribution in [1.29, 1.82) is 0 Å². The summed E-state index contributed by atoms with van der Waals surface area (Å²) in [6.07, 6.45) is 8.91. The zero-order valence-corrected chi connectivity index (χ0v) is 13.5. The Bertz CT molecular complexity index is 316. The van der Waals surface area contributed by atoms with Crippen LogP contribution in [0.5, 0.6) is 0 Å². The molecule has 0 aromatic heterocycles. The van der Waals surface area contributed by atoms with E-state index in [-0.39, 0.29) is 0 Å². The summed E-state index contributed by atoms with van der Waals surface area (Å²) in [4.78, 5) is 0. The van der Waals surface area contributed by atoms with E-state index in [4.69, 9.17) is 3.34 Å². The van der Waals surface area contributed by atoms with Crippen molar-refractivity contribution >= 4 is 0 Å². The molecule has 92 valence electrons. The van der Waals surface area contributed by atoms with Gasteiger partial charge in [0.2, 0.25) is 0 Å². The zero-order chi connectivity index (χ0) is 12.3. The van der Waals surface area contributed by atoms with Gasteiger partial charge in [-0.15, -0.1) is 0 Å². The minimum atomic E-state index is -2.70. The molecule has 3 nitrogen and oxygen atoms in total. The van der Waals surface area contributed by atoms with Crippen molar-refractivity contribution in [1.82, 2.24) is 6.61 Å². The van der Waals surface area contributed by atoms with Crippen molar-refractivity contribution in [2.24, 2.45) is 3.34 Å². The van der Waals surface area contributed by atoms with E-state index in [2.05, 4.69) is 72.9 Å². The van der Waals surface area contributed by atoms with E-state index >= 15 is 0 Å². The van der Waals surface area contributed by atoms with E-state index in [9.17, 15) is 0 Å². The van der Waals surface area contributed by atoms with Crippen molar-refractivity contribution in [3.8, 4) is 0 Å². The van der Waals surface area contributed by atoms with E-state index in [0.29, 0.717) is 10.2 Å². The summed E-state index contributed by atoms with van der Waals surface area (Å²) in [5.74, 6) is 0. The summed E-state index contributed by atoms with van der Waals surface area (Å²) in [7, 11) is 8.71. The van der Waals surface area contributed by atoms with Gasteiger partial charge in [-0.2, -0.15) is 0 Å². The maximum atomic E-state index is 5.14. The molecule has 0 saturated heterocycles. The van der Waals surface area contributed by atoms with Crippen LogP contribution in [0, 0.1) is 0 Å². The first-order valence-corrected chi connectivity index (χ1v) is 9.95. The van der Waals surface area contributed by atoms with E-state index < -0.39 is 17.5 Å². The third-order valence-corrected chi connectivity index (χ3v) is 13.3. The third kappa shape index (κ3) is 2.60. The molecule has 1 aliphatic carbocycles. The zero-order valence-electron chi connectivity index (χ0n) is 11.3. The van der Waals surface area contributed by atoms with Crippen LogP contribution < -0.4 is 0 Å². The molecular weight excluding hydrogens is 279 g/mol. The van der Waals surface area contributed by atoms with Gasteiger partial charge in [-0.05, 0) is 0 Å². The molecule has 1 aliphatic rings. The molecule has 0 aromatic carbocycles. The molecule has 0 aromatic rings. The summed E-state index contributed by atoms with van der Waals surface area (Å²) >= 11 is -2.70. The summed E-state index contributed by atoms with van der Waals surface area (Å²) in [5.41, 5.74) is 0. The van der Waals surface area contributed by atoms with Gasteiger partial charge < -0.3 is 0 Å². The maximum absolute atomic E-state index is 5.14. The second-order valence-corrected chi connectivity index (χ2v) is 13.8. The molecule has 4 heteroatoms. The van der Waals surface area contributed by atoms with E-state index in [1.165, 1.54) is 0 Å². The Morgan fingerprint density at radius 3 is 1.75 bits per heavy atom. The SMILES string of the molecule is CC(C)[N]=[Nb]([CH]1C=CC=C1)([N](C)C)[N](C)C. The second-order valence-electron chi connectivity index (χ2n) is 4.78. The van der Waals surface area contributed by atoms with Crippen LogP contribution in [-0.4, -0.2) is 40.8 Å². The number of hydrogen-bond donors (Lipinski definition) is 0. The average Bonchev–Trinajstić information content (AvgIpc) is 2.65. The fourth-order valence-corrected chi connectivity index (χ4v) is 11.2. The molecule has 0 spiro atoms. The standard InChI is InChI=1S/C5H5.C3H7N.2C2H6N.Nb/c1-2-4-5-3-1;1-3(2)4;2*1-3-2;/h1-5H;3H,1-2H3;2*1-2H3;/q;;2*-1;+2. The topological polar surface area (TPSA) is 18.8 Å². The molecule has 1 rings (SSSR count). The van der Waals surface area contributed by atoms with Crippen LogP contribution in [0.4, 0.5) is 0 Å². The van der Waals surface area contributed by atoms with Gasteiger partial charge in [0.15, 0.2) is 0 Å². The van der Waals surface area contributed by atoms with Crippen LogP contribution >= 0.6 is 0 Å². The molecule has 16 heavy (non-hydrogen) atoms. The predicted molar refractivity (Wildman–Crippen MR) is 67.0 cm³/mol.